The quantitative estimate of drug-likeness (QED) is 0.643. The van der Waals surface area contributed by atoms with Gasteiger partial charge >= 0.3 is 12.2 Å². The molecule has 4 nitrogen and oxygen atoms in total. The smallest absolute Gasteiger partial charge is 0.381 e. The number of hydrogen-bond acceptors (Lipinski definition) is 3. The van der Waals surface area contributed by atoms with Crippen molar-refractivity contribution in [2.45, 2.75) is 18.3 Å². The third-order valence-corrected chi connectivity index (χ3v) is 2.00. The molecule has 0 unspecified atom stereocenters. The van der Waals surface area contributed by atoms with Crippen molar-refractivity contribution in [3.63, 3.8) is 0 Å². The van der Waals surface area contributed by atoms with E-state index in [9.17, 15) is 28.4 Å². The predicted molar refractivity (Wildman–Crippen MR) is 48.2 cm³/mol. The summed E-state index contributed by atoms with van der Waals surface area (Å²) in [5.74, 6) is 0. The molecule has 1 N–H and O–H groups in total. The number of hydrogen-bond donors (Lipinski definition) is 1. The van der Waals surface area contributed by atoms with Gasteiger partial charge in [-0.1, -0.05) is 30.3 Å². The number of halogens is 3. The van der Waals surface area contributed by atoms with Gasteiger partial charge in [-0.3, -0.25) is 10.1 Å². The van der Waals surface area contributed by atoms with Crippen molar-refractivity contribution in [3.05, 3.63) is 46.0 Å². The number of alkyl halides is 3. The molecule has 0 heterocycles. The van der Waals surface area contributed by atoms with Crippen LogP contribution in [0.1, 0.15) is 11.7 Å². The Morgan fingerprint density at radius 1 is 1.25 bits per heavy atom. The average Bonchev–Trinajstić information content (AvgIpc) is 2.16. The van der Waals surface area contributed by atoms with Crippen LogP contribution in [0.5, 0.6) is 0 Å². The molecule has 0 fully saturated rings. The fraction of sp³-hybridized carbons (Fsp3) is 0.333. The van der Waals surface area contributed by atoms with Crippen LogP contribution in [-0.2, 0) is 0 Å². The molecule has 0 saturated carbocycles. The molecule has 0 aliphatic carbocycles. The van der Waals surface area contributed by atoms with E-state index in [-0.39, 0.29) is 5.56 Å². The van der Waals surface area contributed by atoms with Crippen LogP contribution in [0.25, 0.3) is 0 Å². The lowest BCUT2D eigenvalue weighted by atomic mass is 10.0. The van der Waals surface area contributed by atoms with Gasteiger partial charge in [-0.25, -0.2) is 0 Å². The second-order valence-corrected chi connectivity index (χ2v) is 3.13. The lowest BCUT2D eigenvalue weighted by Crippen LogP contribution is -2.41. The number of aliphatic hydroxyl groups is 1. The first-order chi connectivity index (χ1) is 7.34. The van der Waals surface area contributed by atoms with E-state index in [2.05, 4.69) is 0 Å². The highest BCUT2D eigenvalue weighted by Gasteiger charge is 2.54. The molecule has 0 aliphatic heterocycles. The molecule has 88 valence electrons. The van der Waals surface area contributed by atoms with Gasteiger partial charge < -0.3 is 5.11 Å². The topological polar surface area (TPSA) is 63.4 Å². The third-order valence-electron chi connectivity index (χ3n) is 2.00. The molecular weight excluding hydrogens is 227 g/mol. The molecule has 0 aliphatic rings. The minimum Gasteiger partial charge on any atom is -0.381 e. The highest BCUT2D eigenvalue weighted by molar-refractivity contribution is 5.18. The van der Waals surface area contributed by atoms with E-state index in [0.29, 0.717) is 0 Å². The number of aliphatic hydroxyl groups excluding tert-OH is 1. The summed E-state index contributed by atoms with van der Waals surface area (Å²) in [7, 11) is 0. The van der Waals surface area contributed by atoms with Crippen LogP contribution in [0.2, 0.25) is 0 Å². The molecule has 1 aromatic rings. The Balaban J connectivity index is 3.02. The van der Waals surface area contributed by atoms with E-state index in [1.165, 1.54) is 30.3 Å². The maximum Gasteiger partial charge on any atom is 0.460 e. The Hall–Kier alpha value is -1.63. The Morgan fingerprint density at radius 2 is 1.75 bits per heavy atom. The summed E-state index contributed by atoms with van der Waals surface area (Å²) in [5, 5.41) is 19.6. The molecule has 0 bridgehead atoms. The number of nitro groups is 1. The first kappa shape index (κ1) is 12.4. The van der Waals surface area contributed by atoms with Crippen molar-refractivity contribution in [3.8, 4) is 0 Å². The van der Waals surface area contributed by atoms with Gasteiger partial charge in [-0.05, 0) is 5.56 Å². The summed E-state index contributed by atoms with van der Waals surface area (Å²) in [6, 6.07) is 3.72. The molecule has 0 spiro atoms. The first-order valence-corrected chi connectivity index (χ1v) is 4.27. The van der Waals surface area contributed by atoms with Crippen LogP contribution in [0, 0.1) is 10.1 Å². The van der Waals surface area contributed by atoms with Crippen molar-refractivity contribution < 1.29 is 23.2 Å². The molecule has 2 atom stereocenters. The van der Waals surface area contributed by atoms with Crippen molar-refractivity contribution in [2.24, 2.45) is 0 Å². The van der Waals surface area contributed by atoms with Crippen LogP contribution in [0.3, 0.4) is 0 Å². The summed E-state index contributed by atoms with van der Waals surface area (Å²) in [4.78, 5) is 8.76. The maximum atomic E-state index is 12.3. The summed E-state index contributed by atoms with van der Waals surface area (Å²) in [6.07, 6.45) is -7.28. The van der Waals surface area contributed by atoms with Crippen LogP contribution >= 0.6 is 0 Å². The molecular formula is C9H8F3NO3. The van der Waals surface area contributed by atoms with Crippen LogP contribution in [0.15, 0.2) is 30.3 Å². The van der Waals surface area contributed by atoms with Crippen molar-refractivity contribution in [1.82, 2.24) is 0 Å². The largest absolute Gasteiger partial charge is 0.460 e. The summed E-state index contributed by atoms with van der Waals surface area (Å²) >= 11 is 0. The van der Waals surface area contributed by atoms with E-state index in [0.717, 1.165) is 0 Å². The average molecular weight is 235 g/mol. The molecule has 0 saturated heterocycles. The van der Waals surface area contributed by atoms with Crippen LogP contribution in [-0.4, -0.2) is 22.2 Å². The van der Waals surface area contributed by atoms with Gasteiger partial charge in [0.2, 0.25) is 0 Å². The fourth-order valence-corrected chi connectivity index (χ4v) is 1.25. The molecule has 0 amide bonds. The monoisotopic (exact) mass is 235 g/mol. The Bertz CT molecular complexity index is 366. The molecule has 16 heavy (non-hydrogen) atoms. The summed E-state index contributed by atoms with van der Waals surface area (Å²) < 4.78 is 36.9. The standard InChI is InChI=1S/C9H8F3NO3/c10-9(11,12)8(13(15)16)7(14)6-4-2-1-3-5-6/h1-5,7-8,14H/t7-,8-/m1/s1. The van der Waals surface area contributed by atoms with Gasteiger partial charge in [-0.15, -0.1) is 0 Å². The first-order valence-electron chi connectivity index (χ1n) is 4.27. The summed E-state index contributed by atoms with van der Waals surface area (Å²) in [5.41, 5.74) is -0.137. The maximum absolute atomic E-state index is 12.3. The van der Waals surface area contributed by atoms with E-state index < -0.39 is 23.2 Å². The number of nitrogens with zero attached hydrogens (tertiary/aromatic N) is 1. The van der Waals surface area contributed by atoms with Gasteiger partial charge in [0.15, 0.2) is 6.10 Å². The normalized spacial score (nSPS) is 15.5. The Morgan fingerprint density at radius 3 is 2.12 bits per heavy atom. The third kappa shape index (κ3) is 2.69. The second-order valence-electron chi connectivity index (χ2n) is 3.13. The lowest BCUT2D eigenvalue weighted by molar-refractivity contribution is -0.575. The highest BCUT2D eigenvalue weighted by Crippen LogP contribution is 2.31. The lowest BCUT2D eigenvalue weighted by Gasteiger charge is -2.18. The molecule has 1 aromatic carbocycles. The van der Waals surface area contributed by atoms with E-state index in [1.54, 1.807) is 0 Å². The second kappa shape index (κ2) is 4.48. The zero-order chi connectivity index (χ0) is 12.3. The summed E-state index contributed by atoms with van der Waals surface area (Å²) in [6.45, 7) is 0. The van der Waals surface area contributed by atoms with Crippen molar-refractivity contribution in [1.29, 1.82) is 0 Å². The predicted octanol–water partition coefficient (Wildman–Crippen LogP) is 1.93. The zero-order valence-electron chi connectivity index (χ0n) is 7.89. The van der Waals surface area contributed by atoms with Gasteiger partial charge in [0.05, 0.1) is 0 Å². The van der Waals surface area contributed by atoms with Crippen molar-refractivity contribution in [2.75, 3.05) is 0 Å². The molecule has 7 heteroatoms. The van der Waals surface area contributed by atoms with Gasteiger partial charge in [0.25, 0.3) is 0 Å². The van der Waals surface area contributed by atoms with Gasteiger partial charge in [0, 0.05) is 4.92 Å². The van der Waals surface area contributed by atoms with Crippen LogP contribution < -0.4 is 0 Å². The minimum absolute atomic E-state index is 0.137. The van der Waals surface area contributed by atoms with Gasteiger partial charge in [0.1, 0.15) is 0 Å². The van der Waals surface area contributed by atoms with E-state index >= 15 is 0 Å². The SMILES string of the molecule is O=[N+]([O-])[C@H]([C@H](O)c1ccccc1)C(F)(F)F. The van der Waals surface area contributed by atoms with Crippen molar-refractivity contribution >= 4 is 0 Å². The molecule has 1 rings (SSSR count). The van der Waals surface area contributed by atoms with Crippen LogP contribution in [0.4, 0.5) is 13.2 Å². The molecule has 0 radical (unpaired) electrons. The Labute approximate surface area is 88.5 Å². The van der Waals surface area contributed by atoms with E-state index in [4.69, 9.17) is 0 Å². The minimum atomic E-state index is -5.08. The number of benzene rings is 1. The zero-order valence-corrected chi connectivity index (χ0v) is 7.89. The fourth-order valence-electron chi connectivity index (χ4n) is 1.25. The van der Waals surface area contributed by atoms with Gasteiger partial charge in [-0.2, -0.15) is 13.2 Å². The van der Waals surface area contributed by atoms with E-state index in [1.807, 2.05) is 0 Å². The number of rotatable bonds is 3. The highest BCUT2D eigenvalue weighted by atomic mass is 19.4. The molecule has 0 aromatic heterocycles. The Kier molecular flexibility index (Phi) is 3.48.